The molecule has 2 heterocycles. The summed E-state index contributed by atoms with van der Waals surface area (Å²) in [6.45, 7) is 1.66. The van der Waals surface area contributed by atoms with Crippen molar-refractivity contribution in [2.75, 3.05) is 26.0 Å². The van der Waals surface area contributed by atoms with Gasteiger partial charge in [0.2, 0.25) is 10.0 Å². The fourth-order valence-electron chi connectivity index (χ4n) is 4.43. The molecule has 17 heteroatoms. The summed E-state index contributed by atoms with van der Waals surface area (Å²) in [6.07, 6.45) is -10.7. The van der Waals surface area contributed by atoms with Gasteiger partial charge in [-0.2, -0.15) is 26.3 Å². The standard InChI is InChI=1S/C24H21BF7N3O5S/c1-12-5-14(3-4-16(12)21(36)33-9-13-10-35(39-11-13)41(2,37)38)19-8-22(40-34-19,24(30,31)32)17-6-15(23(27,28)29)7-18(25)20(17)26/h3-7,13H,8-11H2,1-2H3,(H,33,36)/t13-,22-/m0/s1. The van der Waals surface area contributed by atoms with Crippen molar-refractivity contribution in [1.82, 2.24) is 9.79 Å². The van der Waals surface area contributed by atoms with Gasteiger partial charge >= 0.3 is 12.4 Å². The first-order chi connectivity index (χ1) is 18.8. The summed E-state index contributed by atoms with van der Waals surface area (Å²) in [5, 5.41) is 6.07. The Balaban J connectivity index is 1.54. The van der Waals surface area contributed by atoms with Gasteiger partial charge in [-0.3, -0.25) is 9.63 Å². The minimum Gasteiger partial charge on any atom is -0.374 e. The highest BCUT2D eigenvalue weighted by atomic mass is 32.2. The van der Waals surface area contributed by atoms with Crippen LogP contribution in [0.5, 0.6) is 0 Å². The van der Waals surface area contributed by atoms with E-state index in [9.17, 15) is 43.9 Å². The van der Waals surface area contributed by atoms with Crippen LogP contribution in [0.3, 0.4) is 0 Å². The summed E-state index contributed by atoms with van der Waals surface area (Å²) < 4.78 is 121. The highest BCUT2D eigenvalue weighted by Crippen LogP contribution is 2.50. The first-order valence-corrected chi connectivity index (χ1v) is 13.7. The van der Waals surface area contributed by atoms with Crippen LogP contribution in [-0.2, 0) is 31.5 Å². The number of alkyl halides is 6. The second kappa shape index (κ2) is 10.6. The van der Waals surface area contributed by atoms with Crippen molar-refractivity contribution in [3.8, 4) is 0 Å². The molecule has 1 fully saturated rings. The minimum absolute atomic E-state index is 0.000856. The van der Waals surface area contributed by atoms with E-state index >= 15 is 0 Å². The Bertz CT molecular complexity index is 1510. The molecule has 2 radical (unpaired) electrons. The predicted octanol–water partition coefficient (Wildman–Crippen LogP) is 3.08. The third-order valence-electron chi connectivity index (χ3n) is 6.64. The molecule has 0 unspecified atom stereocenters. The lowest BCUT2D eigenvalue weighted by atomic mass is 9.81. The number of hydrogen-bond acceptors (Lipinski definition) is 6. The molecule has 0 spiro atoms. The van der Waals surface area contributed by atoms with Crippen LogP contribution in [-0.4, -0.2) is 64.5 Å². The lowest BCUT2D eigenvalue weighted by Gasteiger charge is -2.30. The average Bonchev–Trinajstić information content (AvgIpc) is 3.52. The molecule has 2 aromatic rings. The number of oxime groups is 1. The molecule has 2 aromatic carbocycles. The second-order valence-corrected chi connectivity index (χ2v) is 11.6. The maximum atomic E-state index is 14.8. The van der Waals surface area contributed by atoms with Crippen LogP contribution in [0, 0.1) is 18.7 Å². The number of amides is 1. The molecule has 0 saturated carbocycles. The van der Waals surface area contributed by atoms with Crippen LogP contribution in [0.25, 0.3) is 0 Å². The number of rotatable bonds is 6. The summed E-state index contributed by atoms with van der Waals surface area (Å²) in [7, 11) is 1.71. The molecule has 0 bridgehead atoms. The van der Waals surface area contributed by atoms with E-state index in [0.717, 1.165) is 10.7 Å². The largest absolute Gasteiger partial charge is 0.435 e. The molecule has 0 aromatic heterocycles. The Labute approximate surface area is 230 Å². The summed E-state index contributed by atoms with van der Waals surface area (Å²) in [6, 6.07) is 4.07. The number of nitrogens with one attached hydrogen (secondary N) is 1. The molecule has 41 heavy (non-hydrogen) atoms. The van der Waals surface area contributed by atoms with Crippen LogP contribution >= 0.6 is 0 Å². The number of carbonyl (C=O) groups excluding carboxylic acids is 1. The minimum atomic E-state index is -5.40. The van der Waals surface area contributed by atoms with Crippen molar-refractivity contribution in [2.24, 2.45) is 11.1 Å². The van der Waals surface area contributed by atoms with Gasteiger partial charge in [0.05, 0.1) is 30.6 Å². The molecule has 8 nitrogen and oxygen atoms in total. The van der Waals surface area contributed by atoms with E-state index in [2.05, 4.69) is 15.3 Å². The molecular weight excluding hydrogens is 586 g/mol. The number of aryl methyl sites for hydroxylation is 1. The molecule has 2 atom stereocenters. The number of benzene rings is 2. The fraction of sp³-hybridized carbons (Fsp3) is 0.417. The quantitative estimate of drug-likeness (QED) is 0.403. The molecular formula is C24H21BF7N3O5S. The van der Waals surface area contributed by atoms with Crippen molar-refractivity contribution in [1.29, 1.82) is 0 Å². The van der Waals surface area contributed by atoms with Gasteiger partial charge in [0.25, 0.3) is 11.5 Å². The van der Waals surface area contributed by atoms with E-state index in [4.69, 9.17) is 12.7 Å². The smallest absolute Gasteiger partial charge is 0.374 e. The molecule has 1 N–H and O–H groups in total. The number of sulfonamides is 1. The maximum absolute atomic E-state index is 14.8. The van der Waals surface area contributed by atoms with Crippen molar-refractivity contribution in [3.63, 3.8) is 0 Å². The van der Waals surface area contributed by atoms with Crippen molar-refractivity contribution in [3.05, 3.63) is 64.0 Å². The van der Waals surface area contributed by atoms with Gasteiger partial charge in [0.15, 0.2) is 0 Å². The average molecular weight is 607 g/mol. The topological polar surface area (TPSA) is 97.3 Å². The predicted molar refractivity (Wildman–Crippen MR) is 131 cm³/mol. The first-order valence-electron chi connectivity index (χ1n) is 11.8. The van der Waals surface area contributed by atoms with Gasteiger partial charge in [0.1, 0.15) is 13.7 Å². The zero-order valence-corrected chi connectivity index (χ0v) is 22.2. The number of nitrogens with zero attached hydrogens (tertiary/aromatic N) is 2. The van der Waals surface area contributed by atoms with E-state index in [0.29, 0.717) is 5.56 Å². The second-order valence-electron chi connectivity index (χ2n) is 9.71. The Morgan fingerprint density at radius 1 is 1.20 bits per heavy atom. The summed E-state index contributed by atoms with van der Waals surface area (Å²) in [4.78, 5) is 22.4. The first kappa shape index (κ1) is 30.8. The monoisotopic (exact) mass is 607 g/mol. The lowest BCUT2D eigenvalue weighted by Crippen LogP contribution is -2.44. The normalized spacial score (nSPS) is 22.0. The number of carbonyl (C=O) groups is 1. The van der Waals surface area contributed by atoms with Crippen LogP contribution < -0.4 is 10.8 Å². The Morgan fingerprint density at radius 3 is 2.44 bits per heavy atom. The van der Waals surface area contributed by atoms with E-state index in [-0.39, 0.29) is 54.6 Å². The molecule has 220 valence electrons. The lowest BCUT2D eigenvalue weighted by molar-refractivity contribution is -0.276. The Morgan fingerprint density at radius 2 is 1.88 bits per heavy atom. The van der Waals surface area contributed by atoms with Crippen LogP contribution in [0.4, 0.5) is 30.7 Å². The Hall–Kier alpha value is -3.18. The number of halogens is 7. The van der Waals surface area contributed by atoms with Crippen molar-refractivity contribution in [2.45, 2.75) is 31.3 Å². The third kappa shape index (κ3) is 6.06. The molecule has 2 aliphatic heterocycles. The van der Waals surface area contributed by atoms with Gasteiger partial charge in [-0.15, -0.1) is 0 Å². The summed E-state index contributed by atoms with van der Waals surface area (Å²) in [5.41, 5.74) is -7.63. The highest BCUT2D eigenvalue weighted by molar-refractivity contribution is 7.88. The van der Waals surface area contributed by atoms with E-state index in [1.807, 2.05) is 0 Å². The van der Waals surface area contributed by atoms with Crippen LogP contribution in [0.2, 0.25) is 0 Å². The third-order valence-corrected chi connectivity index (χ3v) is 7.63. The van der Waals surface area contributed by atoms with Crippen molar-refractivity contribution < 1.29 is 53.6 Å². The maximum Gasteiger partial charge on any atom is 0.435 e. The fourth-order valence-corrected chi connectivity index (χ4v) is 5.17. The molecule has 2 aliphatic rings. The molecule has 0 aliphatic carbocycles. The SMILES string of the molecule is [B]c1cc(C(F)(F)F)cc([C@]2(C(F)(F)F)CC(c3ccc(C(=O)NC[C@@H]4CON(S(C)(=O)=O)C4)c(C)c3)=NO2)c1F. The molecule has 4 rings (SSSR count). The van der Waals surface area contributed by atoms with E-state index in [1.54, 1.807) is 0 Å². The number of hydrogen-bond donors (Lipinski definition) is 1. The van der Waals surface area contributed by atoms with E-state index in [1.165, 1.54) is 25.1 Å². The van der Waals surface area contributed by atoms with Gasteiger partial charge in [-0.1, -0.05) is 27.2 Å². The summed E-state index contributed by atoms with van der Waals surface area (Å²) >= 11 is 0. The molecule has 1 saturated heterocycles. The van der Waals surface area contributed by atoms with E-state index < -0.39 is 62.7 Å². The van der Waals surface area contributed by atoms with Gasteiger partial charge < -0.3 is 10.2 Å². The zero-order valence-electron chi connectivity index (χ0n) is 21.4. The van der Waals surface area contributed by atoms with Crippen molar-refractivity contribution >= 4 is 35.0 Å². The Kier molecular flexibility index (Phi) is 7.94. The van der Waals surface area contributed by atoms with Gasteiger partial charge in [-0.05, 0) is 36.2 Å². The van der Waals surface area contributed by atoms with Crippen LogP contribution in [0.1, 0.15) is 39.0 Å². The number of hydroxylamine groups is 1. The summed E-state index contributed by atoms with van der Waals surface area (Å²) in [5.74, 6) is -2.59. The van der Waals surface area contributed by atoms with Crippen LogP contribution in [0.15, 0.2) is 35.5 Å². The zero-order chi connectivity index (χ0) is 30.5. The molecule has 1 amide bonds. The highest BCUT2D eigenvalue weighted by Gasteiger charge is 2.63. The van der Waals surface area contributed by atoms with Gasteiger partial charge in [-0.25, -0.2) is 12.8 Å². The van der Waals surface area contributed by atoms with Gasteiger partial charge in [0, 0.05) is 30.1 Å².